The van der Waals surface area contributed by atoms with E-state index >= 15 is 0 Å². The summed E-state index contributed by atoms with van der Waals surface area (Å²) in [7, 11) is 0. The Kier molecular flexibility index (Phi) is 7.15. The minimum Gasteiger partial charge on any atom is -0.481 e. The van der Waals surface area contributed by atoms with Crippen LogP contribution in [0.1, 0.15) is 25.8 Å². The fraction of sp³-hybridized carbons (Fsp3) is 0.467. The summed E-state index contributed by atoms with van der Waals surface area (Å²) in [5.41, 5.74) is 1.33. The zero-order chi connectivity index (χ0) is 15.0. The highest BCUT2D eigenvalue weighted by molar-refractivity contribution is 7.99. The average Bonchev–Trinajstić information content (AvgIpc) is 2.34. The molecule has 0 aromatic heterocycles. The SMILES string of the molecule is CC(C)CCSCC(=O)Nc1cccc(CC(=O)O)c1. The highest BCUT2D eigenvalue weighted by Gasteiger charge is 2.05. The van der Waals surface area contributed by atoms with Gasteiger partial charge in [0.1, 0.15) is 0 Å². The van der Waals surface area contributed by atoms with Crippen LogP contribution in [-0.2, 0) is 16.0 Å². The molecule has 0 aliphatic carbocycles. The number of thioether (sulfide) groups is 1. The number of amides is 1. The molecule has 0 atom stereocenters. The zero-order valence-corrected chi connectivity index (χ0v) is 12.7. The van der Waals surface area contributed by atoms with Crippen LogP contribution in [-0.4, -0.2) is 28.5 Å². The van der Waals surface area contributed by atoms with Crippen molar-refractivity contribution in [3.63, 3.8) is 0 Å². The van der Waals surface area contributed by atoms with Crippen LogP contribution < -0.4 is 5.32 Å². The molecule has 0 bridgehead atoms. The zero-order valence-electron chi connectivity index (χ0n) is 11.9. The van der Waals surface area contributed by atoms with Crippen molar-refractivity contribution in [2.24, 2.45) is 5.92 Å². The Balaban J connectivity index is 2.39. The van der Waals surface area contributed by atoms with Crippen LogP contribution in [0.4, 0.5) is 5.69 Å². The van der Waals surface area contributed by atoms with Crippen LogP contribution >= 0.6 is 11.8 Å². The summed E-state index contributed by atoms with van der Waals surface area (Å²) in [6.07, 6.45) is 1.07. The largest absolute Gasteiger partial charge is 0.481 e. The lowest BCUT2D eigenvalue weighted by molar-refractivity contribution is -0.136. The number of hydrogen-bond acceptors (Lipinski definition) is 3. The lowest BCUT2D eigenvalue weighted by Crippen LogP contribution is -2.14. The van der Waals surface area contributed by atoms with Crippen LogP contribution in [0.3, 0.4) is 0 Å². The van der Waals surface area contributed by atoms with Gasteiger partial charge in [-0.05, 0) is 35.8 Å². The Morgan fingerprint density at radius 2 is 2.10 bits per heavy atom. The van der Waals surface area contributed by atoms with E-state index in [9.17, 15) is 9.59 Å². The van der Waals surface area contributed by atoms with Crippen LogP contribution in [0.5, 0.6) is 0 Å². The highest BCUT2D eigenvalue weighted by Crippen LogP contribution is 2.13. The van der Waals surface area contributed by atoms with Crippen molar-refractivity contribution in [1.82, 2.24) is 0 Å². The van der Waals surface area contributed by atoms with E-state index in [1.807, 2.05) is 0 Å². The molecule has 1 aromatic rings. The third-order valence-electron chi connectivity index (χ3n) is 2.64. The second-order valence-corrected chi connectivity index (χ2v) is 6.16. The summed E-state index contributed by atoms with van der Waals surface area (Å²) in [5.74, 6) is 1.13. The van der Waals surface area contributed by atoms with E-state index in [1.54, 1.807) is 36.0 Å². The van der Waals surface area contributed by atoms with E-state index in [4.69, 9.17) is 5.11 Å². The Morgan fingerprint density at radius 3 is 2.75 bits per heavy atom. The molecule has 1 rings (SSSR count). The molecule has 1 amide bonds. The Bertz CT molecular complexity index is 460. The molecule has 4 nitrogen and oxygen atoms in total. The minimum absolute atomic E-state index is 0.0349. The van der Waals surface area contributed by atoms with Crippen LogP contribution in [0, 0.1) is 5.92 Å². The summed E-state index contributed by atoms with van der Waals surface area (Å²) >= 11 is 1.62. The van der Waals surface area contributed by atoms with E-state index in [0.717, 1.165) is 12.2 Å². The van der Waals surface area contributed by atoms with Gasteiger partial charge >= 0.3 is 5.97 Å². The van der Waals surface area contributed by atoms with Gasteiger partial charge in [0.2, 0.25) is 5.91 Å². The molecule has 0 saturated carbocycles. The van der Waals surface area contributed by atoms with E-state index in [2.05, 4.69) is 19.2 Å². The molecule has 0 aliphatic heterocycles. The molecule has 0 saturated heterocycles. The third-order valence-corrected chi connectivity index (χ3v) is 3.63. The number of benzene rings is 1. The van der Waals surface area contributed by atoms with Gasteiger partial charge in [-0.1, -0.05) is 26.0 Å². The fourth-order valence-electron chi connectivity index (χ4n) is 1.61. The molecular weight excluding hydrogens is 274 g/mol. The number of carboxylic acid groups (broad SMARTS) is 1. The third kappa shape index (κ3) is 7.19. The van der Waals surface area contributed by atoms with Gasteiger partial charge in [0, 0.05) is 5.69 Å². The minimum atomic E-state index is -0.877. The molecule has 5 heteroatoms. The molecule has 110 valence electrons. The highest BCUT2D eigenvalue weighted by atomic mass is 32.2. The molecule has 0 heterocycles. The number of nitrogens with one attached hydrogen (secondary N) is 1. The topological polar surface area (TPSA) is 66.4 Å². The Morgan fingerprint density at radius 1 is 1.35 bits per heavy atom. The van der Waals surface area contributed by atoms with Crippen molar-refractivity contribution in [3.8, 4) is 0 Å². The number of aliphatic carboxylic acids is 1. The predicted molar refractivity (Wildman–Crippen MR) is 83.2 cm³/mol. The normalized spacial score (nSPS) is 10.6. The maximum atomic E-state index is 11.7. The van der Waals surface area contributed by atoms with Crippen LogP contribution in [0.2, 0.25) is 0 Å². The molecule has 0 fully saturated rings. The molecule has 0 aliphatic rings. The summed E-state index contributed by atoms with van der Waals surface area (Å²) in [6.45, 7) is 4.32. The summed E-state index contributed by atoms with van der Waals surface area (Å²) in [5, 5.41) is 11.5. The number of carbonyl (C=O) groups is 2. The maximum Gasteiger partial charge on any atom is 0.307 e. The van der Waals surface area contributed by atoms with Gasteiger partial charge in [0.25, 0.3) is 0 Å². The van der Waals surface area contributed by atoms with Crippen molar-refractivity contribution in [2.75, 3.05) is 16.8 Å². The maximum absolute atomic E-state index is 11.7. The summed E-state index contributed by atoms with van der Waals surface area (Å²) in [6, 6.07) is 6.95. The van der Waals surface area contributed by atoms with E-state index in [0.29, 0.717) is 22.9 Å². The Hall–Kier alpha value is -1.49. The fourth-order valence-corrected chi connectivity index (χ4v) is 2.65. The van der Waals surface area contributed by atoms with Gasteiger partial charge in [-0.15, -0.1) is 0 Å². The second kappa shape index (κ2) is 8.64. The van der Waals surface area contributed by atoms with Crippen molar-refractivity contribution < 1.29 is 14.7 Å². The van der Waals surface area contributed by atoms with Crippen molar-refractivity contribution in [2.45, 2.75) is 26.7 Å². The van der Waals surface area contributed by atoms with Crippen molar-refractivity contribution in [3.05, 3.63) is 29.8 Å². The van der Waals surface area contributed by atoms with Crippen LogP contribution in [0.25, 0.3) is 0 Å². The molecular formula is C15H21NO3S. The average molecular weight is 295 g/mol. The molecule has 0 radical (unpaired) electrons. The van der Waals surface area contributed by atoms with Gasteiger partial charge in [-0.2, -0.15) is 11.8 Å². The standard InChI is InChI=1S/C15H21NO3S/c1-11(2)6-7-20-10-14(17)16-13-5-3-4-12(8-13)9-15(18)19/h3-5,8,11H,6-7,9-10H2,1-2H3,(H,16,17)(H,18,19). The lowest BCUT2D eigenvalue weighted by Gasteiger charge is -2.07. The molecule has 20 heavy (non-hydrogen) atoms. The smallest absolute Gasteiger partial charge is 0.307 e. The summed E-state index contributed by atoms with van der Waals surface area (Å²) < 4.78 is 0. The molecule has 0 spiro atoms. The monoisotopic (exact) mass is 295 g/mol. The molecule has 2 N–H and O–H groups in total. The first-order valence-corrected chi connectivity index (χ1v) is 7.81. The second-order valence-electron chi connectivity index (χ2n) is 5.05. The quantitative estimate of drug-likeness (QED) is 0.723. The first kappa shape index (κ1) is 16.6. The predicted octanol–water partition coefficient (Wildman–Crippen LogP) is 3.03. The lowest BCUT2D eigenvalue weighted by atomic mass is 10.1. The number of anilines is 1. The van der Waals surface area contributed by atoms with Gasteiger partial charge in [-0.3, -0.25) is 9.59 Å². The van der Waals surface area contributed by atoms with Crippen LogP contribution in [0.15, 0.2) is 24.3 Å². The van der Waals surface area contributed by atoms with Crippen molar-refractivity contribution in [1.29, 1.82) is 0 Å². The molecule has 1 aromatic carbocycles. The number of hydrogen-bond donors (Lipinski definition) is 2. The van der Waals surface area contributed by atoms with Gasteiger partial charge in [0.15, 0.2) is 0 Å². The van der Waals surface area contributed by atoms with E-state index < -0.39 is 5.97 Å². The summed E-state index contributed by atoms with van der Waals surface area (Å²) in [4.78, 5) is 22.4. The van der Waals surface area contributed by atoms with Gasteiger partial charge in [0.05, 0.1) is 12.2 Å². The molecule has 0 unspecified atom stereocenters. The first-order valence-electron chi connectivity index (χ1n) is 6.65. The number of rotatable bonds is 8. The Labute approximate surface area is 124 Å². The van der Waals surface area contributed by atoms with Crippen molar-refractivity contribution >= 4 is 29.3 Å². The van der Waals surface area contributed by atoms with E-state index in [-0.39, 0.29) is 12.3 Å². The van der Waals surface area contributed by atoms with Gasteiger partial charge in [-0.25, -0.2) is 0 Å². The van der Waals surface area contributed by atoms with Gasteiger partial charge < -0.3 is 10.4 Å². The number of carboxylic acids is 1. The van der Waals surface area contributed by atoms with E-state index in [1.165, 1.54) is 0 Å². The first-order chi connectivity index (χ1) is 9.47. The number of carbonyl (C=O) groups excluding carboxylic acids is 1.